The maximum absolute atomic E-state index is 11.7. The van der Waals surface area contributed by atoms with Crippen LogP contribution < -0.4 is 5.32 Å². The summed E-state index contributed by atoms with van der Waals surface area (Å²) < 4.78 is 3.73. The highest BCUT2D eigenvalue weighted by atomic mass is 32.1. The largest absolute Gasteiger partial charge is 0.351 e. The van der Waals surface area contributed by atoms with Gasteiger partial charge in [0.2, 0.25) is 0 Å². The van der Waals surface area contributed by atoms with Crippen LogP contribution in [0.4, 0.5) is 0 Å². The highest BCUT2D eigenvalue weighted by molar-refractivity contribution is 7.07. The lowest BCUT2D eigenvalue weighted by molar-refractivity contribution is 0.0957. The number of pyridine rings is 1. The number of nitrogens with one attached hydrogen (secondary N) is 1. The normalized spacial score (nSPS) is 10.2. The zero-order chi connectivity index (χ0) is 12.1. The van der Waals surface area contributed by atoms with Crippen molar-refractivity contribution in [3.8, 4) is 0 Å². The fraction of sp³-hybridized carbons (Fsp3) is 0.273. The Morgan fingerprint density at radius 2 is 2.18 bits per heavy atom. The molecule has 2 aromatic rings. The molecule has 2 rings (SSSR count). The van der Waals surface area contributed by atoms with Crippen LogP contribution in [0.3, 0.4) is 0 Å². The summed E-state index contributed by atoms with van der Waals surface area (Å²) in [6, 6.07) is 3.87. The number of carbonyl (C=O) groups excluding carboxylic acids is 1. The maximum Gasteiger partial charge on any atom is 0.264 e. The molecule has 2 aromatic heterocycles. The lowest BCUT2D eigenvalue weighted by Gasteiger charge is -2.03. The molecule has 0 bridgehead atoms. The van der Waals surface area contributed by atoms with Gasteiger partial charge in [0.15, 0.2) is 0 Å². The summed E-state index contributed by atoms with van der Waals surface area (Å²) in [5.41, 5.74) is 1.83. The lowest BCUT2D eigenvalue weighted by atomic mass is 10.2. The third-order valence-electron chi connectivity index (χ3n) is 2.31. The Morgan fingerprint density at radius 1 is 1.41 bits per heavy atom. The highest BCUT2D eigenvalue weighted by Crippen LogP contribution is 2.08. The average molecular weight is 248 g/mol. The SMILES string of the molecule is Cc1nnsc1C(=O)NCCc1ccncc1. The van der Waals surface area contributed by atoms with Gasteiger partial charge in [-0.05, 0) is 42.6 Å². The van der Waals surface area contributed by atoms with E-state index >= 15 is 0 Å². The predicted octanol–water partition coefficient (Wildman–Crippen LogP) is 1.21. The summed E-state index contributed by atoms with van der Waals surface area (Å²) in [5.74, 6) is -0.105. The van der Waals surface area contributed by atoms with E-state index in [1.807, 2.05) is 12.1 Å². The molecule has 1 N–H and O–H groups in total. The van der Waals surface area contributed by atoms with Crippen LogP contribution in [0.25, 0.3) is 0 Å². The molecular weight excluding hydrogens is 236 g/mol. The van der Waals surface area contributed by atoms with E-state index in [1.54, 1.807) is 19.3 Å². The smallest absolute Gasteiger partial charge is 0.264 e. The molecule has 88 valence electrons. The van der Waals surface area contributed by atoms with Crippen molar-refractivity contribution in [3.05, 3.63) is 40.7 Å². The second kappa shape index (κ2) is 5.49. The van der Waals surface area contributed by atoms with Gasteiger partial charge >= 0.3 is 0 Å². The number of carbonyl (C=O) groups is 1. The van der Waals surface area contributed by atoms with E-state index in [2.05, 4.69) is 19.9 Å². The summed E-state index contributed by atoms with van der Waals surface area (Å²) >= 11 is 1.12. The standard InChI is InChI=1S/C11H12N4OS/c1-8-10(17-15-14-8)11(16)13-7-4-9-2-5-12-6-3-9/h2-3,5-6H,4,7H2,1H3,(H,13,16). The van der Waals surface area contributed by atoms with Crippen LogP contribution in [-0.4, -0.2) is 27.0 Å². The molecule has 0 fully saturated rings. The molecule has 0 atom stereocenters. The quantitative estimate of drug-likeness (QED) is 0.883. The number of amides is 1. The molecule has 17 heavy (non-hydrogen) atoms. The fourth-order valence-corrected chi connectivity index (χ4v) is 1.96. The van der Waals surface area contributed by atoms with Gasteiger partial charge in [0, 0.05) is 18.9 Å². The molecule has 0 aromatic carbocycles. The number of nitrogens with zero attached hydrogens (tertiary/aromatic N) is 3. The molecule has 1 amide bonds. The second-order valence-electron chi connectivity index (χ2n) is 3.55. The summed E-state index contributed by atoms with van der Waals surface area (Å²) in [6.45, 7) is 2.38. The molecule has 0 saturated heterocycles. The first-order valence-corrected chi connectivity index (χ1v) is 6.01. The van der Waals surface area contributed by atoms with Crippen molar-refractivity contribution < 1.29 is 4.79 Å². The van der Waals surface area contributed by atoms with E-state index in [4.69, 9.17) is 0 Å². The summed E-state index contributed by atoms with van der Waals surface area (Å²) in [7, 11) is 0. The van der Waals surface area contributed by atoms with Gasteiger partial charge in [-0.3, -0.25) is 9.78 Å². The van der Waals surface area contributed by atoms with Crippen LogP contribution in [0.2, 0.25) is 0 Å². The maximum atomic E-state index is 11.7. The van der Waals surface area contributed by atoms with Crippen LogP contribution in [0.15, 0.2) is 24.5 Å². The van der Waals surface area contributed by atoms with E-state index in [1.165, 1.54) is 0 Å². The first-order chi connectivity index (χ1) is 8.27. The molecule has 0 aliphatic carbocycles. The molecule has 0 unspecified atom stereocenters. The monoisotopic (exact) mass is 248 g/mol. The van der Waals surface area contributed by atoms with Crippen molar-refractivity contribution in [1.82, 2.24) is 19.9 Å². The van der Waals surface area contributed by atoms with E-state index in [-0.39, 0.29) is 5.91 Å². The number of rotatable bonds is 4. The van der Waals surface area contributed by atoms with Gasteiger partial charge in [-0.15, -0.1) is 5.10 Å². The number of hydrogen-bond donors (Lipinski definition) is 1. The van der Waals surface area contributed by atoms with Crippen molar-refractivity contribution in [2.24, 2.45) is 0 Å². The first-order valence-electron chi connectivity index (χ1n) is 5.23. The summed E-state index contributed by atoms with van der Waals surface area (Å²) in [6.07, 6.45) is 4.28. The zero-order valence-corrected chi connectivity index (χ0v) is 10.2. The molecular formula is C11H12N4OS. The Morgan fingerprint density at radius 3 is 2.82 bits per heavy atom. The molecule has 0 radical (unpaired) electrons. The predicted molar refractivity (Wildman–Crippen MR) is 64.9 cm³/mol. The minimum atomic E-state index is -0.105. The van der Waals surface area contributed by atoms with Gasteiger partial charge in [0.05, 0.1) is 5.69 Å². The Hall–Kier alpha value is -1.82. The van der Waals surface area contributed by atoms with Crippen LogP contribution >= 0.6 is 11.5 Å². The first kappa shape index (κ1) is 11.7. The average Bonchev–Trinajstić information content (AvgIpc) is 2.77. The molecule has 0 spiro atoms. The van der Waals surface area contributed by atoms with E-state index in [9.17, 15) is 4.79 Å². The van der Waals surface area contributed by atoms with Crippen molar-refractivity contribution in [1.29, 1.82) is 0 Å². The number of aromatic nitrogens is 3. The lowest BCUT2D eigenvalue weighted by Crippen LogP contribution is -2.25. The number of aryl methyl sites for hydroxylation is 1. The van der Waals surface area contributed by atoms with Gasteiger partial charge in [-0.2, -0.15) is 0 Å². The summed E-state index contributed by atoms with van der Waals surface area (Å²) in [5, 5.41) is 6.65. The number of hydrogen-bond acceptors (Lipinski definition) is 5. The van der Waals surface area contributed by atoms with Crippen LogP contribution in [0, 0.1) is 6.92 Å². The van der Waals surface area contributed by atoms with Crippen LogP contribution in [0.1, 0.15) is 20.9 Å². The van der Waals surface area contributed by atoms with Crippen molar-refractivity contribution in [2.45, 2.75) is 13.3 Å². The molecule has 0 saturated carbocycles. The minimum Gasteiger partial charge on any atom is -0.351 e. The van der Waals surface area contributed by atoms with E-state index in [0.29, 0.717) is 17.1 Å². The molecule has 0 aliphatic rings. The Bertz CT molecular complexity index is 497. The van der Waals surface area contributed by atoms with E-state index < -0.39 is 0 Å². The van der Waals surface area contributed by atoms with Crippen molar-refractivity contribution in [3.63, 3.8) is 0 Å². The minimum absolute atomic E-state index is 0.105. The highest BCUT2D eigenvalue weighted by Gasteiger charge is 2.11. The fourth-order valence-electron chi connectivity index (χ4n) is 1.39. The van der Waals surface area contributed by atoms with Crippen LogP contribution in [0.5, 0.6) is 0 Å². The van der Waals surface area contributed by atoms with E-state index in [0.717, 1.165) is 23.5 Å². The topological polar surface area (TPSA) is 67.8 Å². The molecule has 2 heterocycles. The second-order valence-corrected chi connectivity index (χ2v) is 4.30. The van der Waals surface area contributed by atoms with Gasteiger partial charge in [-0.25, -0.2) is 0 Å². The molecule has 5 nitrogen and oxygen atoms in total. The van der Waals surface area contributed by atoms with Gasteiger partial charge < -0.3 is 5.32 Å². The molecule has 0 aliphatic heterocycles. The Kier molecular flexibility index (Phi) is 3.77. The summed E-state index contributed by atoms with van der Waals surface area (Å²) in [4.78, 5) is 16.2. The third kappa shape index (κ3) is 3.07. The Labute approximate surface area is 103 Å². The Balaban J connectivity index is 1.84. The van der Waals surface area contributed by atoms with Gasteiger partial charge in [0.1, 0.15) is 4.88 Å². The van der Waals surface area contributed by atoms with Gasteiger partial charge in [-0.1, -0.05) is 4.49 Å². The van der Waals surface area contributed by atoms with Crippen molar-refractivity contribution >= 4 is 17.4 Å². The van der Waals surface area contributed by atoms with Gasteiger partial charge in [0.25, 0.3) is 5.91 Å². The van der Waals surface area contributed by atoms with Crippen molar-refractivity contribution in [2.75, 3.05) is 6.54 Å². The third-order valence-corrected chi connectivity index (χ3v) is 3.13. The molecule has 6 heteroatoms. The van der Waals surface area contributed by atoms with Crippen LogP contribution in [-0.2, 0) is 6.42 Å². The zero-order valence-electron chi connectivity index (χ0n) is 9.38.